The van der Waals surface area contributed by atoms with E-state index in [0.29, 0.717) is 6.42 Å². The minimum atomic E-state index is -1.09. The van der Waals surface area contributed by atoms with Crippen molar-refractivity contribution in [3.8, 4) is 0 Å². The van der Waals surface area contributed by atoms with Crippen molar-refractivity contribution in [1.29, 1.82) is 0 Å². The fraction of sp³-hybridized carbons (Fsp3) is 0.375. The van der Waals surface area contributed by atoms with Crippen molar-refractivity contribution in [2.75, 3.05) is 0 Å². The number of carbonyl (C=O) groups excluding carboxylic acids is 2. The van der Waals surface area contributed by atoms with E-state index in [0.717, 1.165) is 11.1 Å². The molecule has 2 atom stereocenters. The van der Waals surface area contributed by atoms with Crippen LogP contribution in [0.2, 0.25) is 0 Å². The second-order valence-corrected chi connectivity index (χ2v) is 8.35. The third-order valence-electron chi connectivity index (χ3n) is 4.86. The van der Waals surface area contributed by atoms with Gasteiger partial charge in [0.2, 0.25) is 5.91 Å². The van der Waals surface area contributed by atoms with Gasteiger partial charge < -0.3 is 10.4 Å². The largest absolute Gasteiger partial charge is 0.480 e. The van der Waals surface area contributed by atoms with E-state index >= 15 is 0 Å². The number of carboxylic acids is 1. The fourth-order valence-electron chi connectivity index (χ4n) is 3.03. The monoisotopic (exact) mass is 395 g/mol. The summed E-state index contributed by atoms with van der Waals surface area (Å²) < 4.78 is 0. The lowest BCUT2D eigenvalue weighted by Crippen LogP contribution is -2.46. The zero-order valence-corrected chi connectivity index (χ0v) is 17.2. The number of ketones is 1. The van der Waals surface area contributed by atoms with E-state index in [1.165, 1.54) is 0 Å². The van der Waals surface area contributed by atoms with Crippen LogP contribution in [0.25, 0.3) is 0 Å². The molecule has 2 aromatic rings. The van der Waals surface area contributed by atoms with E-state index in [1.54, 1.807) is 0 Å². The lowest BCUT2D eigenvalue weighted by molar-refractivity contribution is -0.142. The van der Waals surface area contributed by atoms with E-state index in [-0.39, 0.29) is 18.6 Å². The first-order valence-electron chi connectivity index (χ1n) is 9.81. The summed E-state index contributed by atoms with van der Waals surface area (Å²) >= 11 is 0. The minimum Gasteiger partial charge on any atom is -0.480 e. The Hall–Kier alpha value is -2.95. The number of aliphatic carboxylic acids is 1. The number of Topliss-reactive ketones (excluding diaryl/α,β-unsaturated/α-hetero) is 1. The lowest BCUT2D eigenvalue weighted by atomic mass is 9.83. The van der Waals surface area contributed by atoms with Crippen molar-refractivity contribution in [1.82, 2.24) is 5.32 Å². The first-order chi connectivity index (χ1) is 13.7. The third kappa shape index (κ3) is 7.18. The Kier molecular flexibility index (Phi) is 7.71. The summed E-state index contributed by atoms with van der Waals surface area (Å²) in [5, 5.41) is 12.2. The Labute approximate surface area is 172 Å². The lowest BCUT2D eigenvalue weighted by Gasteiger charge is -2.23. The number of rotatable bonds is 9. The first kappa shape index (κ1) is 22.3. The smallest absolute Gasteiger partial charge is 0.326 e. The van der Waals surface area contributed by atoms with E-state index in [2.05, 4.69) is 5.32 Å². The average Bonchev–Trinajstić information content (AvgIpc) is 2.67. The Morgan fingerprint density at radius 1 is 0.862 bits per heavy atom. The highest BCUT2D eigenvalue weighted by atomic mass is 16.4. The molecule has 5 heteroatoms. The molecule has 2 rings (SSSR count). The summed E-state index contributed by atoms with van der Waals surface area (Å²) in [6.07, 6.45) is 0.640. The highest BCUT2D eigenvalue weighted by molar-refractivity contribution is 5.91. The van der Waals surface area contributed by atoms with Crippen LogP contribution in [-0.4, -0.2) is 28.8 Å². The molecule has 2 aromatic carbocycles. The van der Waals surface area contributed by atoms with Crippen molar-refractivity contribution >= 4 is 17.7 Å². The molecule has 0 saturated carbocycles. The number of amides is 1. The van der Waals surface area contributed by atoms with Crippen molar-refractivity contribution in [3.63, 3.8) is 0 Å². The SMILES string of the molecule is CC(C)(C)C(=O)CC(Cc1ccccc1)C(=O)NC(Cc1ccccc1)C(=O)O. The summed E-state index contributed by atoms with van der Waals surface area (Å²) in [6, 6.07) is 17.6. The van der Waals surface area contributed by atoms with Crippen LogP contribution in [0, 0.1) is 11.3 Å². The van der Waals surface area contributed by atoms with Crippen LogP contribution < -0.4 is 5.32 Å². The van der Waals surface area contributed by atoms with Gasteiger partial charge in [-0.3, -0.25) is 9.59 Å². The molecular weight excluding hydrogens is 366 g/mol. The molecule has 0 spiro atoms. The molecule has 0 aliphatic carbocycles. The molecule has 0 bridgehead atoms. The van der Waals surface area contributed by atoms with Crippen LogP contribution in [0.1, 0.15) is 38.3 Å². The van der Waals surface area contributed by atoms with Crippen molar-refractivity contribution in [3.05, 3.63) is 71.8 Å². The van der Waals surface area contributed by atoms with E-state index in [1.807, 2.05) is 81.4 Å². The maximum Gasteiger partial charge on any atom is 0.326 e. The molecule has 1 amide bonds. The second-order valence-electron chi connectivity index (χ2n) is 8.35. The van der Waals surface area contributed by atoms with Gasteiger partial charge in [-0.25, -0.2) is 4.79 Å². The van der Waals surface area contributed by atoms with Gasteiger partial charge in [-0.1, -0.05) is 81.4 Å². The quantitative estimate of drug-likeness (QED) is 0.679. The molecule has 154 valence electrons. The van der Waals surface area contributed by atoms with Crippen molar-refractivity contribution in [2.24, 2.45) is 11.3 Å². The maximum absolute atomic E-state index is 13.0. The van der Waals surface area contributed by atoms with Crippen LogP contribution >= 0.6 is 0 Å². The highest BCUT2D eigenvalue weighted by Gasteiger charge is 2.31. The molecule has 0 heterocycles. The number of hydrogen-bond donors (Lipinski definition) is 2. The summed E-state index contributed by atoms with van der Waals surface area (Å²) in [5.74, 6) is -2.15. The average molecular weight is 395 g/mol. The summed E-state index contributed by atoms with van der Waals surface area (Å²) in [5.41, 5.74) is 1.20. The molecule has 2 N–H and O–H groups in total. The second kappa shape index (κ2) is 10.0. The predicted octanol–water partition coefficient (Wildman–Crippen LogP) is 3.66. The van der Waals surface area contributed by atoms with Gasteiger partial charge in [0.25, 0.3) is 0 Å². The molecule has 0 saturated heterocycles. The predicted molar refractivity (Wildman–Crippen MR) is 112 cm³/mol. The molecular formula is C24H29NO4. The number of carboxylic acid groups (broad SMARTS) is 1. The fourth-order valence-corrected chi connectivity index (χ4v) is 3.03. The van der Waals surface area contributed by atoms with Crippen LogP contribution in [-0.2, 0) is 27.2 Å². The Bertz CT molecular complexity index is 825. The van der Waals surface area contributed by atoms with Gasteiger partial charge in [0.05, 0.1) is 0 Å². The van der Waals surface area contributed by atoms with E-state index in [4.69, 9.17) is 0 Å². The number of benzene rings is 2. The molecule has 2 unspecified atom stereocenters. The standard InChI is InChI=1S/C24H29NO4/c1-24(2,3)21(26)16-19(14-17-10-6-4-7-11-17)22(27)25-20(23(28)29)15-18-12-8-5-9-13-18/h4-13,19-20H,14-16H2,1-3H3,(H,25,27)(H,28,29). The minimum absolute atomic E-state index is 0.0245. The van der Waals surface area contributed by atoms with Crippen LogP contribution in [0.3, 0.4) is 0 Å². The molecule has 0 fully saturated rings. The van der Waals surface area contributed by atoms with Gasteiger partial charge in [-0.2, -0.15) is 0 Å². The topological polar surface area (TPSA) is 83.5 Å². The normalized spacial score (nSPS) is 13.3. The highest BCUT2D eigenvalue weighted by Crippen LogP contribution is 2.22. The maximum atomic E-state index is 13.0. The number of hydrogen-bond acceptors (Lipinski definition) is 3. The van der Waals surface area contributed by atoms with Gasteiger partial charge in [-0.15, -0.1) is 0 Å². The molecule has 0 aromatic heterocycles. The first-order valence-corrected chi connectivity index (χ1v) is 9.81. The molecule has 29 heavy (non-hydrogen) atoms. The van der Waals surface area contributed by atoms with Crippen molar-refractivity contribution in [2.45, 2.75) is 46.1 Å². The Balaban J connectivity index is 2.17. The molecule has 0 aliphatic heterocycles. The Morgan fingerprint density at radius 3 is 1.79 bits per heavy atom. The van der Waals surface area contributed by atoms with Crippen LogP contribution in [0.4, 0.5) is 0 Å². The van der Waals surface area contributed by atoms with Gasteiger partial charge in [-0.05, 0) is 17.5 Å². The summed E-state index contributed by atoms with van der Waals surface area (Å²) in [4.78, 5) is 37.3. The molecule has 5 nitrogen and oxygen atoms in total. The van der Waals surface area contributed by atoms with Gasteiger partial charge in [0.15, 0.2) is 0 Å². The summed E-state index contributed by atoms with van der Waals surface area (Å²) in [7, 11) is 0. The van der Waals surface area contributed by atoms with Crippen LogP contribution in [0.5, 0.6) is 0 Å². The van der Waals surface area contributed by atoms with Crippen molar-refractivity contribution < 1.29 is 19.5 Å². The Morgan fingerprint density at radius 2 is 1.34 bits per heavy atom. The number of carbonyl (C=O) groups is 3. The van der Waals surface area contributed by atoms with Gasteiger partial charge in [0, 0.05) is 24.2 Å². The van der Waals surface area contributed by atoms with Gasteiger partial charge in [0.1, 0.15) is 11.8 Å². The van der Waals surface area contributed by atoms with E-state index < -0.39 is 29.3 Å². The summed E-state index contributed by atoms with van der Waals surface area (Å²) in [6.45, 7) is 5.47. The zero-order valence-electron chi connectivity index (χ0n) is 17.2. The molecule has 0 aliphatic rings. The molecule has 0 radical (unpaired) electrons. The van der Waals surface area contributed by atoms with E-state index in [9.17, 15) is 19.5 Å². The third-order valence-corrected chi connectivity index (χ3v) is 4.86. The zero-order chi connectivity index (χ0) is 21.4. The van der Waals surface area contributed by atoms with Crippen LogP contribution in [0.15, 0.2) is 60.7 Å². The number of nitrogens with one attached hydrogen (secondary N) is 1. The van der Waals surface area contributed by atoms with Gasteiger partial charge >= 0.3 is 5.97 Å².